The van der Waals surface area contributed by atoms with Gasteiger partial charge in [-0.3, -0.25) is 9.59 Å². The minimum absolute atomic E-state index is 0.245. The molecule has 0 radical (unpaired) electrons. The number of hydrogen-bond acceptors (Lipinski definition) is 4. The predicted molar refractivity (Wildman–Crippen MR) is 147 cm³/mol. The Kier molecular flexibility index (Phi) is 11.2. The summed E-state index contributed by atoms with van der Waals surface area (Å²) < 4.78 is 5.43. The van der Waals surface area contributed by atoms with E-state index in [4.69, 9.17) is 4.74 Å². The first-order valence-corrected chi connectivity index (χ1v) is 13.1. The van der Waals surface area contributed by atoms with Crippen molar-refractivity contribution in [3.8, 4) is 0 Å². The number of nitrogens with zero attached hydrogens (tertiary/aromatic N) is 1. The Morgan fingerprint density at radius 1 is 0.973 bits per heavy atom. The van der Waals surface area contributed by atoms with Gasteiger partial charge in [-0.05, 0) is 63.3 Å². The summed E-state index contributed by atoms with van der Waals surface area (Å²) in [6.45, 7) is 12.0. The summed E-state index contributed by atoms with van der Waals surface area (Å²) in [6, 6.07) is 13.5. The van der Waals surface area contributed by atoms with E-state index in [1.165, 1.54) is 4.90 Å². The molecule has 0 spiro atoms. The van der Waals surface area contributed by atoms with E-state index in [-0.39, 0.29) is 18.2 Å². The molecular weight excluding hydrogens is 466 g/mol. The molecule has 3 amide bonds. The van der Waals surface area contributed by atoms with Gasteiger partial charge in [0.2, 0.25) is 11.8 Å². The zero-order chi connectivity index (χ0) is 27.6. The second-order valence-corrected chi connectivity index (χ2v) is 10.6. The summed E-state index contributed by atoms with van der Waals surface area (Å²) in [5.74, 6) is -0.618. The smallest absolute Gasteiger partial charge is 0.408 e. The highest BCUT2D eigenvalue weighted by Crippen LogP contribution is 2.24. The fourth-order valence-corrected chi connectivity index (χ4v) is 4.04. The second-order valence-electron chi connectivity index (χ2n) is 10.6. The van der Waals surface area contributed by atoms with Gasteiger partial charge >= 0.3 is 6.09 Å². The lowest BCUT2D eigenvalue weighted by Crippen LogP contribution is -2.52. The Hall–Kier alpha value is -3.35. The van der Waals surface area contributed by atoms with Crippen LogP contribution >= 0.6 is 0 Å². The van der Waals surface area contributed by atoms with Gasteiger partial charge in [0.25, 0.3) is 0 Å². The van der Waals surface area contributed by atoms with E-state index in [0.717, 1.165) is 41.5 Å². The molecule has 0 aromatic heterocycles. The number of amides is 3. The molecule has 2 unspecified atom stereocenters. The van der Waals surface area contributed by atoms with Crippen molar-refractivity contribution in [2.75, 3.05) is 13.6 Å². The van der Waals surface area contributed by atoms with Crippen LogP contribution in [0.3, 0.4) is 0 Å². The molecule has 7 heteroatoms. The number of ether oxygens (including phenoxy) is 1. The van der Waals surface area contributed by atoms with Crippen LogP contribution in [0.25, 0.3) is 0 Å². The van der Waals surface area contributed by atoms with Gasteiger partial charge in [0.1, 0.15) is 17.7 Å². The number of likely N-dealkylation sites (N-methyl/N-ethyl adjacent to an activating group) is 1. The Bertz CT molecular complexity index is 1050. The van der Waals surface area contributed by atoms with Crippen molar-refractivity contribution in [1.82, 2.24) is 15.5 Å². The molecule has 202 valence electrons. The van der Waals surface area contributed by atoms with Crippen molar-refractivity contribution in [3.63, 3.8) is 0 Å². The molecule has 0 heterocycles. The topological polar surface area (TPSA) is 87.7 Å². The van der Waals surface area contributed by atoms with Crippen molar-refractivity contribution in [2.45, 2.75) is 84.9 Å². The van der Waals surface area contributed by atoms with Crippen LogP contribution in [0, 0.1) is 13.8 Å². The largest absolute Gasteiger partial charge is 0.444 e. The first-order valence-electron chi connectivity index (χ1n) is 13.1. The number of aryl methyl sites for hydroxylation is 2. The average molecular weight is 510 g/mol. The lowest BCUT2D eigenvalue weighted by molar-refractivity contribution is -0.140. The Labute approximate surface area is 222 Å². The van der Waals surface area contributed by atoms with Crippen molar-refractivity contribution in [2.24, 2.45) is 0 Å². The maximum Gasteiger partial charge on any atom is 0.408 e. The van der Waals surface area contributed by atoms with Crippen LogP contribution in [0.1, 0.15) is 75.3 Å². The molecule has 0 aliphatic heterocycles. The molecule has 0 saturated carbocycles. The molecule has 2 rings (SSSR count). The number of carbonyl (C=O) groups is 3. The summed E-state index contributed by atoms with van der Waals surface area (Å²) >= 11 is 0. The lowest BCUT2D eigenvalue weighted by atomic mass is 9.98. The maximum atomic E-state index is 13.9. The molecule has 0 saturated heterocycles. The van der Waals surface area contributed by atoms with Crippen molar-refractivity contribution in [3.05, 3.63) is 70.8 Å². The Morgan fingerprint density at radius 3 is 2.24 bits per heavy atom. The molecule has 2 N–H and O–H groups in total. The number of nitrogens with one attached hydrogen (secondary N) is 2. The van der Waals surface area contributed by atoms with Crippen LogP contribution in [-0.4, -0.2) is 48.0 Å². The highest BCUT2D eigenvalue weighted by atomic mass is 16.6. The minimum atomic E-state index is -0.913. The average Bonchev–Trinajstić information content (AvgIpc) is 2.82. The Balaban J connectivity index is 2.37. The van der Waals surface area contributed by atoms with Gasteiger partial charge in [-0.1, -0.05) is 68.3 Å². The van der Waals surface area contributed by atoms with Gasteiger partial charge in [-0.2, -0.15) is 0 Å². The van der Waals surface area contributed by atoms with E-state index < -0.39 is 23.8 Å². The van der Waals surface area contributed by atoms with E-state index in [0.29, 0.717) is 6.54 Å². The number of rotatable bonds is 11. The highest BCUT2D eigenvalue weighted by molar-refractivity contribution is 5.92. The van der Waals surface area contributed by atoms with E-state index >= 15 is 0 Å². The van der Waals surface area contributed by atoms with Gasteiger partial charge < -0.3 is 20.3 Å². The quantitative estimate of drug-likeness (QED) is 0.405. The molecule has 0 bridgehead atoms. The lowest BCUT2D eigenvalue weighted by Gasteiger charge is -2.32. The third-order valence-electron chi connectivity index (χ3n) is 6.18. The third kappa shape index (κ3) is 9.56. The molecule has 0 aliphatic rings. The standard InChI is InChI=1S/C30H43N3O4/c1-8-9-13-18-31-27(34)26(24-17-16-21(2)22(3)19-24)33(7)28(35)25(20-23-14-11-10-12-15-23)32-29(36)37-30(4,5)6/h10-12,14-17,19,25-26H,8-9,13,18,20H2,1-7H3,(H,31,34)(H,32,36). The zero-order valence-corrected chi connectivity index (χ0v) is 23.4. The first-order chi connectivity index (χ1) is 17.4. The molecule has 7 nitrogen and oxygen atoms in total. The maximum absolute atomic E-state index is 13.9. The number of unbranched alkanes of at least 4 members (excludes halogenated alkanes) is 2. The van der Waals surface area contributed by atoms with Crippen LogP contribution in [-0.2, 0) is 20.7 Å². The number of benzene rings is 2. The van der Waals surface area contributed by atoms with Crippen molar-refractivity contribution >= 4 is 17.9 Å². The minimum Gasteiger partial charge on any atom is -0.444 e. The van der Waals surface area contributed by atoms with Gasteiger partial charge in [0.05, 0.1) is 0 Å². The molecule has 37 heavy (non-hydrogen) atoms. The monoisotopic (exact) mass is 509 g/mol. The van der Waals surface area contributed by atoms with Crippen LogP contribution < -0.4 is 10.6 Å². The summed E-state index contributed by atoms with van der Waals surface area (Å²) in [6.07, 6.45) is 2.52. The summed E-state index contributed by atoms with van der Waals surface area (Å²) in [5.41, 5.74) is 3.04. The number of hydrogen-bond donors (Lipinski definition) is 2. The predicted octanol–water partition coefficient (Wildman–Crippen LogP) is 5.25. The van der Waals surface area contributed by atoms with E-state index in [1.807, 2.05) is 62.4 Å². The molecule has 0 aliphatic carbocycles. The van der Waals surface area contributed by atoms with E-state index in [2.05, 4.69) is 17.6 Å². The normalized spacial score (nSPS) is 12.8. The summed E-state index contributed by atoms with van der Waals surface area (Å²) in [7, 11) is 1.61. The second kappa shape index (κ2) is 13.8. The highest BCUT2D eigenvalue weighted by Gasteiger charge is 2.34. The number of alkyl carbamates (subject to hydrolysis) is 1. The van der Waals surface area contributed by atoms with Crippen LogP contribution in [0.2, 0.25) is 0 Å². The van der Waals surface area contributed by atoms with Crippen LogP contribution in [0.15, 0.2) is 48.5 Å². The third-order valence-corrected chi connectivity index (χ3v) is 6.18. The zero-order valence-electron chi connectivity index (χ0n) is 23.4. The molecular formula is C30H43N3O4. The first kappa shape index (κ1) is 29.9. The molecule has 2 aromatic carbocycles. The molecule has 2 aromatic rings. The molecule has 2 atom stereocenters. The summed E-state index contributed by atoms with van der Waals surface area (Å²) in [4.78, 5) is 41.4. The van der Waals surface area contributed by atoms with Gasteiger partial charge in [-0.25, -0.2) is 4.79 Å². The van der Waals surface area contributed by atoms with Gasteiger partial charge in [0, 0.05) is 20.0 Å². The molecule has 0 fully saturated rings. The van der Waals surface area contributed by atoms with E-state index in [1.54, 1.807) is 27.8 Å². The van der Waals surface area contributed by atoms with Gasteiger partial charge in [-0.15, -0.1) is 0 Å². The fraction of sp³-hybridized carbons (Fsp3) is 0.500. The van der Waals surface area contributed by atoms with Crippen LogP contribution in [0.5, 0.6) is 0 Å². The van der Waals surface area contributed by atoms with Gasteiger partial charge in [0.15, 0.2) is 0 Å². The SMILES string of the molecule is CCCCCNC(=O)C(c1ccc(C)c(C)c1)N(C)C(=O)C(Cc1ccccc1)NC(=O)OC(C)(C)C. The van der Waals surface area contributed by atoms with Crippen molar-refractivity contribution in [1.29, 1.82) is 0 Å². The summed E-state index contributed by atoms with van der Waals surface area (Å²) in [5, 5.41) is 5.75. The number of carbonyl (C=O) groups excluding carboxylic acids is 3. The van der Waals surface area contributed by atoms with Crippen molar-refractivity contribution < 1.29 is 19.1 Å². The fourth-order valence-electron chi connectivity index (χ4n) is 4.04. The van der Waals surface area contributed by atoms with Crippen LogP contribution in [0.4, 0.5) is 4.79 Å². The van der Waals surface area contributed by atoms with E-state index in [9.17, 15) is 14.4 Å². The Morgan fingerprint density at radius 2 is 1.65 bits per heavy atom.